The molecule has 1 heterocycles. The van der Waals surface area contributed by atoms with E-state index < -0.39 is 16.6 Å². The van der Waals surface area contributed by atoms with E-state index in [1.165, 1.54) is 35.2 Å². The van der Waals surface area contributed by atoms with Gasteiger partial charge in [-0.3, -0.25) is 19.8 Å². The highest BCUT2D eigenvalue weighted by molar-refractivity contribution is 8.27. The van der Waals surface area contributed by atoms with Crippen LogP contribution in [0.5, 0.6) is 0 Å². The van der Waals surface area contributed by atoms with Crippen molar-refractivity contribution in [1.29, 1.82) is 0 Å². The number of benzene rings is 2. The number of hydrogen-bond donors (Lipinski definition) is 0. The number of anilines is 1. The number of amides is 1. The number of nitro benzene ring substituents is 1. The first-order valence-corrected chi connectivity index (χ1v) is 9.41. The topological polar surface area (TPSA) is 63.4 Å². The number of nitrogens with zero attached hydrogens (tertiary/aromatic N) is 2. The van der Waals surface area contributed by atoms with Gasteiger partial charge in [0, 0.05) is 16.7 Å². The monoisotopic (exact) mass is 462 g/mol. The number of carbonyl (C=O) groups excluding carboxylic acids is 1. The van der Waals surface area contributed by atoms with Crippen LogP contribution in [0.2, 0.25) is 15.1 Å². The normalized spacial score (nSPS) is 15.7. The third kappa shape index (κ3) is 3.95. The minimum Gasteiger partial charge on any atom is -0.268 e. The van der Waals surface area contributed by atoms with E-state index >= 15 is 0 Å². The Balaban J connectivity index is 2.01. The van der Waals surface area contributed by atoms with Crippen molar-refractivity contribution in [3.05, 3.63) is 71.8 Å². The highest BCUT2D eigenvalue weighted by Gasteiger charge is 2.34. The van der Waals surface area contributed by atoms with Gasteiger partial charge in [0.05, 0.1) is 20.5 Å². The first-order valence-electron chi connectivity index (χ1n) is 7.05. The number of thiocarbonyl (C=S) groups is 1. The fraction of sp³-hybridized carbons (Fsp3) is 0. The Morgan fingerprint density at radius 2 is 1.85 bits per heavy atom. The van der Waals surface area contributed by atoms with Crippen LogP contribution in [-0.2, 0) is 4.79 Å². The second kappa shape index (κ2) is 7.73. The molecule has 2 aromatic rings. The molecular formula is C16H6Cl3FN2O3S2. The van der Waals surface area contributed by atoms with E-state index in [4.69, 9.17) is 47.0 Å². The highest BCUT2D eigenvalue weighted by Crippen LogP contribution is 2.39. The van der Waals surface area contributed by atoms with Gasteiger partial charge in [-0.2, -0.15) is 0 Å². The maximum absolute atomic E-state index is 13.4. The average Bonchev–Trinajstić information content (AvgIpc) is 2.86. The van der Waals surface area contributed by atoms with E-state index in [9.17, 15) is 19.3 Å². The third-order valence-corrected chi connectivity index (χ3v) is 5.73. The van der Waals surface area contributed by atoms with E-state index in [-0.39, 0.29) is 35.5 Å². The Morgan fingerprint density at radius 1 is 1.15 bits per heavy atom. The highest BCUT2D eigenvalue weighted by atomic mass is 35.5. The first kappa shape index (κ1) is 20.0. The van der Waals surface area contributed by atoms with Crippen LogP contribution in [0.1, 0.15) is 5.56 Å². The molecule has 1 amide bonds. The molecule has 0 bridgehead atoms. The number of halogens is 4. The Hall–Kier alpha value is -1.71. The minimum atomic E-state index is -0.651. The van der Waals surface area contributed by atoms with Crippen molar-refractivity contribution >= 4 is 86.5 Å². The Bertz CT molecular complexity index is 1050. The summed E-state index contributed by atoms with van der Waals surface area (Å²) in [5.41, 5.74) is 0.207. The number of nitro groups is 1. The van der Waals surface area contributed by atoms with Crippen molar-refractivity contribution in [1.82, 2.24) is 0 Å². The molecule has 5 nitrogen and oxygen atoms in total. The van der Waals surface area contributed by atoms with Crippen LogP contribution < -0.4 is 4.90 Å². The van der Waals surface area contributed by atoms with Crippen LogP contribution in [0, 0.1) is 15.9 Å². The van der Waals surface area contributed by atoms with Crippen LogP contribution >= 0.6 is 58.8 Å². The largest absolute Gasteiger partial charge is 0.288 e. The number of hydrogen-bond acceptors (Lipinski definition) is 5. The molecule has 0 N–H and O–H groups in total. The molecule has 0 unspecified atom stereocenters. The Kier molecular flexibility index (Phi) is 5.73. The predicted octanol–water partition coefficient (Wildman–Crippen LogP) is 6.10. The lowest BCUT2D eigenvalue weighted by molar-refractivity contribution is -0.384. The van der Waals surface area contributed by atoms with Gasteiger partial charge in [-0.05, 0) is 30.3 Å². The van der Waals surface area contributed by atoms with Crippen LogP contribution in [0.4, 0.5) is 15.8 Å². The van der Waals surface area contributed by atoms with Crippen LogP contribution in [0.15, 0.2) is 35.2 Å². The van der Waals surface area contributed by atoms with Gasteiger partial charge in [-0.25, -0.2) is 4.39 Å². The van der Waals surface area contributed by atoms with E-state index in [1.54, 1.807) is 0 Å². The van der Waals surface area contributed by atoms with Gasteiger partial charge in [-0.1, -0.05) is 58.8 Å². The molecule has 138 valence electrons. The smallest absolute Gasteiger partial charge is 0.268 e. The zero-order chi connectivity index (χ0) is 19.9. The zero-order valence-electron chi connectivity index (χ0n) is 12.9. The molecule has 0 spiro atoms. The molecule has 0 atom stereocenters. The minimum absolute atomic E-state index is 0.115. The molecule has 0 saturated carbocycles. The summed E-state index contributed by atoms with van der Waals surface area (Å²) in [6.07, 6.45) is 1.39. The Morgan fingerprint density at radius 3 is 2.48 bits per heavy atom. The lowest BCUT2D eigenvalue weighted by Gasteiger charge is -2.14. The fourth-order valence-corrected chi connectivity index (χ4v) is 4.23. The first-order chi connectivity index (χ1) is 12.7. The summed E-state index contributed by atoms with van der Waals surface area (Å²) in [6.45, 7) is 0. The summed E-state index contributed by atoms with van der Waals surface area (Å²) in [7, 11) is 0. The van der Waals surface area contributed by atoms with Crippen molar-refractivity contribution in [3.63, 3.8) is 0 Å². The van der Waals surface area contributed by atoms with Crippen molar-refractivity contribution in [2.24, 2.45) is 0 Å². The van der Waals surface area contributed by atoms with Gasteiger partial charge < -0.3 is 0 Å². The molecule has 3 rings (SSSR count). The Labute approximate surface area is 176 Å². The third-order valence-electron chi connectivity index (χ3n) is 3.50. The second-order valence-corrected chi connectivity index (χ2v) is 8.10. The summed E-state index contributed by atoms with van der Waals surface area (Å²) in [5, 5.41) is 10.9. The van der Waals surface area contributed by atoms with Crippen LogP contribution in [0.25, 0.3) is 6.08 Å². The molecular weight excluding hydrogens is 458 g/mol. The lowest BCUT2D eigenvalue weighted by Crippen LogP contribution is -2.27. The van der Waals surface area contributed by atoms with E-state index in [2.05, 4.69) is 0 Å². The maximum atomic E-state index is 13.4. The molecule has 1 fully saturated rings. The molecule has 11 heteroatoms. The van der Waals surface area contributed by atoms with Gasteiger partial charge >= 0.3 is 0 Å². The fourth-order valence-electron chi connectivity index (χ4n) is 2.26. The van der Waals surface area contributed by atoms with Crippen molar-refractivity contribution in [3.8, 4) is 0 Å². The SMILES string of the molecule is O=C1/C(=C/c2cc([N+](=O)[O-])c(Cl)cc2Cl)SC(=S)N1c1ccc(F)c(Cl)c1. The second-order valence-electron chi connectivity index (χ2n) is 5.20. The lowest BCUT2D eigenvalue weighted by atomic mass is 10.1. The van der Waals surface area contributed by atoms with Crippen LogP contribution in [0.3, 0.4) is 0 Å². The molecule has 0 radical (unpaired) electrons. The number of thioether (sulfide) groups is 1. The molecule has 1 saturated heterocycles. The summed E-state index contributed by atoms with van der Waals surface area (Å²) >= 11 is 23.8. The number of carbonyl (C=O) groups is 1. The van der Waals surface area contributed by atoms with Gasteiger partial charge in [0.2, 0.25) is 0 Å². The quantitative estimate of drug-likeness (QED) is 0.238. The molecule has 0 aromatic heterocycles. The zero-order valence-corrected chi connectivity index (χ0v) is 16.8. The molecule has 1 aliphatic heterocycles. The summed E-state index contributed by atoms with van der Waals surface area (Å²) < 4.78 is 13.6. The van der Waals surface area contributed by atoms with Gasteiger partial charge in [0.15, 0.2) is 4.32 Å². The summed E-state index contributed by atoms with van der Waals surface area (Å²) in [6, 6.07) is 6.18. The maximum Gasteiger partial charge on any atom is 0.288 e. The van der Waals surface area contributed by atoms with Crippen LogP contribution in [-0.4, -0.2) is 15.2 Å². The van der Waals surface area contributed by atoms with Crippen molar-refractivity contribution < 1.29 is 14.1 Å². The van der Waals surface area contributed by atoms with E-state index in [0.29, 0.717) is 5.69 Å². The summed E-state index contributed by atoms with van der Waals surface area (Å²) in [4.78, 5) is 24.5. The molecule has 1 aliphatic rings. The average molecular weight is 464 g/mol. The summed E-state index contributed by atoms with van der Waals surface area (Å²) in [5.74, 6) is -1.11. The molecule has 0 aliphatic carbocycles. The van der Waals surface area contributed by atoms with Crippen molar-refractivity contribution in [2.75, 3.05) is 4.90 Å². The molecule has 27 heavy (non-hydrogen) atoms. The predicted molar refractivity (Wildman–Crippen MR) is 110 cm³/mol. The van der Waals surface area contributed by atoms with Crippen molar-refractivity contribution in [2.45, 2.75) is 0 Å². The van der Waals surface area contributed by atoms with E-state index in [1.807, 2.05) is 0 Å². The molecule has 2 aromatic carbocycles. The van der Waals surface area contributed by atoms with Gasteiger partial charge in [0.1, 0.15) is 10.8 Å². The van der Waals surface area contributed by atoms with Gasteiger partial charge in [-0.15, -0.1) is 0 Å². The number of rotatable bonds is 3. The standard InChI is InChI=1S/C16H6Cl3FN2O3S2/c17-9-6-11(19)13(22(24)25)3-7(9)4-14-15(23)21(16(26)27-14)8-1-2-12(20)10(18)5-8/h1-6H/b14-4-. The van der Waals surface area contributed by atoms with E-state index in [0.717, 1.165) is 17.8 Å². The van der Waals surface area contributed by atoms with Gasteiger partial charge in [0.25, 0.3) is 11.6 Å².